The Hall–Kier alpha value is -2.27. The van der Waals surface area contributed by atoms with Crippen molar-refractivity contribution in [3.8, 4) is 5.75 Å². The fourth-order valence-electron chi connectivity index (χ4n) is 3.62. The van der Waals surface area contributed by atoms with E-state index < -0.39 is 11.8 Å². The number of benzene rings is 1. The van der Waals surface area contributed by atoms with E-state index in [-0.39, 0.29) is 11.1 Å². The van der Waals surface area contributed by atoms with Crippen LogP contribution in [0, 0.1) is 5.92 Å². The van der Waals surface area contributed by atoms with E-state index in [1.54, 1.807) is 12.3 Å². The SMILES string of the molecule is O=C(O)/C1=C/c2cc(Cl)c(OCC3CC3)cc2CC2(CCC2)N/C=C\C1=O. The highest BCUT2D eigenvalue weighted by atomic mass is 35.5. The third kappa shape index (κ3) is 3.88. The van der Waals surface area contributed by atoms with Gasteiger partial charge < -0.3 is 15.2 Å². The summed E-state index contributed by atoms with van der Waals surface area (Å²) in [5.41, 5.74) is 1.22. The number of rotatable bonds is 4. The van der Waals surface area contributed by atoms with Crippen molar-refractivity contribution in [3.63, 3.8) is 0 Å². The predicted molar refractivity (Wildman–Crippen MR) is 103 cm³/mol. The van der Waals surface area contributed by atoms with Gasteiger partial charge in [-0.1, -0.05) is 11.6 Å². The van der Waals surface area contributed by atoms with E-state index in [1.165, 1.54) is 25.0 Å². The molecule has 1 aromatic rings. The standard InChI is InChI=1S/C21H22ClNO4/c22-17-9-14-8-16(20(25)26)18(24)4-7-23-21(5-1-6-21)11-15(14)10-19(17)27-12-13-2-3-13/h4,7-10,13,23H,1-3,5-6,11-12H2,(H,25,26)/b7-4-,16-8+. The number of carbonyl (C=O) groups is 2. The van der Waals surface area contributed by atoms with Crippen molar-refractivity contribution in [2.75, 3.05) is 6.61 Å². The van der Waals surface area contributed by atoms with E-state index in [1.807, 2.05) is 6.07 Å². The van der Waals surface area contributed by atoms with Gasteiger partial charge in [0, 0.05) is 17.8 Å². The maximum absolute atomic E-state index is 12.3. The molecule has 2 fully saturated rings. The minimum Gasteiger partial charge on any atom is -0.492 e. The lowest BCUT2D eigenvalue weighted by atomic mass is 9.72. The van der Waals surface area contributed by atoms with Crippen LogP contribution < -0.4 is 10.1 Å². The molecule has 6 heteroatoms. The molecule has 1 spiro atoms. The Morgan fingerprint density at radius 3 is 2.74 bits per heavy atom. The molecule has 5 nitrogen and oxygen atoms in total. The van der Waals surface area contributed by atoms with Crippen LogP contribution in [0.1, 0.15) is 43.2 Å². The number of fused-ring (bicyclic) bond motifs is 1. The van der Waals surface area contributed by atoms with Gasteiger partial charge in [-0.05, 0) is 73.8 Å². The van der Waals surface area contributed by atoms with Crippen molar-refractivity contribution in [3.05, 3.63) is 46.1 Å². The van der Waals surface area contributed by atoms with Gasteiger partial charge in [0.15, 0.2) is 5.78 Å². The number of ketones is 1. The zero-order valence-corrected chi connectivity index (χ0v) is 15.7. The van der Waals surface area contributed by atoms with Crippen LogP contribution in [0.5, 0.6) is 5.75 Å². The predicted octanol–water partition coefficient (Wildman–Crippen LogP) is 3.75. The van der Waals surface area contributed by atoms with Crippen molar-refractivity contribution in [2.45, 2.75) is 44.1 Å². The van der Waals surface area contributed by atoms with E-state index in [0.717, 1.165) is 31.2 Å². The van der Waals surface area contributed by atoms with Crippen molar-refractivity contribution in [1.29, 1.82) is 0 Å². The van der Waals surface area contributed by atoms with Crippen molar-refractivity contribution >= 4 is 29.4 Å². The third-order valence-corrected chi connectivity index (χ3v) is 5.92. The Labute approximate surface area is 163 Å². The van der Waals surface area contributed by atoms with Gasteiger partial charge in [-0.3, -0.25) is 4.79 Å². The number of carboxylic acids is 1. The van der Waals surface area contributed by atoms with Gasteiger partial charge in [0.2, 0.25) is 0 Å². The fraction of sp³-hybridized carbons (Fsp3) is 0.429. The lowest BCUT2D eigenvalue weighted by Gasteiger charge is -2.43. The summed E-state index contributed by atoms with van der Waals surface area (Å²) in [5, 5.41) is 13.2. The summed E-state index contributed by atoms with van der Waals surface area (Å²) in [6.07, 6.45) is 10.5. The number of aliphatic carboxylic acids is 1. The van der Waals surface area contributed by atoms with E-state index in [4.69, 9.17) is 16.3 Å². The maximum Gasteiger partial charge on any atom is 0.339 e. The molecule has 0 amide bonds. The molecule has 0 saturated heterocycles. The summed E-state index contributed by atoms with van der Waals surface area (Å²) in [4.78, 5) is 23.9. The van der Waals surface area contributed by atoms with Crippen LogP contribution in [0.4, 0.5) is 0 Å². The number of allylic oxidation sites excluding steroid dienone is 1. The molecule has 0 radical (unpaired) electrons. The van der Waals surface area contributed by atoms with Crippen molar-refractivity contribution in [1.82, 2.24) is 5.32 Å². The molecule has 3 aliphatic rings. The molecule has 2 aliphatic carbocycles. The average molecular weight is 388 g/mol. The highest BCUT2D eigenvalue weighted by Gasteiger charge is 2.37. The van der Waals surface area contributed by atoms with Gasteiger partial charge in [-0.15, -0.1) is 0 Å². The lowest BCUT2D eigenvalue weighted by molar-refractivity contribution is -0.133. The number of ether oxygens (including phenoxy) is 1. The van der Waals surface area contributed by atoms with Gasteiger partial charge in [-0.25, -0.2) is 4.79 Å². The van der Waals surface area contributed by atoms with Crippen molar-refractivity contribution < 1.29 is 19.4 Å². The Bertz CT molecular complexity index is 850. The lowest BCUT2D eigenvalue weighted by Crippen LogP contribution is -2.50. The van der Waals surface area contributed by atoms with Crippen molar-refractivity contribution in [2.24, 2.45) is 5.92 Å². The number of hydrogen-bond donors (Lipinski definition) is 2. The van der Waals surface area contributed by atoms with Crippen LogP contribution in [-0.2, 0) is 16.0 Å². The van der Waals surface area contributed by atoms with Gasteiger partial charge in [0.05, 0.1) is 11.6 Å². The number of hydrogen-bond acceptors (Lipinski definition) is 4. The van der Waals surface area contributed by atoms with Crippen LogP contribution in [0.3, 0.4) is 0 Å². The molecule has 27 heavy (non-hydrogen) atoms. The molecule has 0 unspecified atom stereocenters. The van der Waals surface area contributed by atoms with E-state index >= 15 is 0 Å². The molecule has 0 bridgehead atoms. The normalized spacial score (nSPS) is 24.0. The second-order valence-electron chi connectivity index (χ2n) is 7.75. The summed E-state index contributed by atoms with van der Waals surface area (Å²) < 4.78 is 5.90. The van der Waals surface area contributed by atoms with Gasteiger partial charge >= 0.3 is 5.97 Å². The topological polar surface area (TPSA) is 75.6 Å². The maximum atomic E-state index is 12.3. The number of halogens is 1. The Morgan fingerprint density at radius 2 is 2.11 bits per heavy atom. The monoisotopic (exact) mass is 387 g/mol. The first-order valence-corrected chi connectivity index (χ1v) is 9.72. The van der Waals surface area contributed by atoms with Crippen LogP contribution in [0.2, 0.25) is 5.02 Å². The molecule has 1 heterocycles. The molecule has 142 valence electrons. The quantitative estimate of drug-likeness (QED) is 0.769. The molecule has 1 aliphatic heterocycles. The minimum atomic E-state index is -1.25. The molecule has 1 aromatic carbocycles. The minimum absolute atomic E-state index is 0.109. The fourth-order valence-corrected chi connectivity index (χ4v) is 3.85. The Kier molecular flexibility index (Phi) is 4.72. The first-order chi connectivity index (χ1) is 13.0. The van der Waals surface area contributed by atoms with Gasteiger partial charge in [0.25, 0.3) is 0 Å². The zero-order valence-electron chi connectivity index (χ0n) is 15.0. The first-order valence-electron chi connectivity index (χ1n) is 9.35. The smallest absolute Gasteiger partial charge is 0.339 e. The number of carboxylic acid groups (broad SMARTS) is 1. The van der Waals surface area contributed by atoms with Crippen LogP contribution in [-0.4, -0.2) is 29.0 Å². The van der Waals surface area contributed by atoms with E-state index in [0.29, 0.717) is 28.9 Å². The number of carbonyl (C=O) groups excluding carboxylic acids is 1. The summed E-state index contributed by atoms with van der Waals surface area (Å²) in [5.74, 6) is -0.557. The molecular formula is C21H22ClNO4. The summed E-state index contributed by atoms with van der Waals surface area (Å²) in [6, 6.07) is 3.63. The molecular weight excluding hydrogens is 366 g/mol. The highest BCUT2D eigenvalue weighted by molar-refractivity contribution is 6.32. The molecule has 2 N–H and O–H groups in total. The summed E-state index contributed by atoms with van der Waals surface area (Å²) >= 11 is 6.40. The third-order valence-electron chi connectivity index (χ3n) is 5.62. The van der Waals surface area contributed by atoms with Crippen LogP contribution in [0.25, 0.3) is 6.08 Å². The summed E-state index contributed by atoms with van der Waals surface area (Å²) in [6.45, 7) is 0.652. The molecule has 0 aromatic heterocycles. The highest BCUT2D eigenvalue weighted by Crippen LogP contribution is 2.39. The molecule has 4 rings (SSSR count). The van der Waals surface area contributed by atoms with Crippen LogP contribution in [0.15, 0.2) is 30.0 Å². The molecule has 0 atom stereocenters. The van der Waals surface area contributed by atoms with Gasteiger partial charge in [-0.2, -0.15) is 0 Å². The number of nitrogens with one attached hydrogen (secondary N) is 1. The average Bonchev–Trinajstić information content (AvgIpc) is 3.41. The van der Waals surface area contributed by atoms with E-state index in [2.05, 4.69) is 5.32 Å². The van der Waals surface area contributed by atoms with Gasteiger partial charge in [0.1, 0.15) is 11.3 Å². The Balaban J connectivity index is 1.76. The Morgan fingerprint density at radius 1 is 1.33 bits per heavy atom. The largest absolute Gasteiger partial charge is 0.492 e. The second kappa shape index (κ2) is 7.04. The van der Waals surface area contributed by atoms with E-state index in [9.17, 15) is 14.7 Å². The first kappa shape index (κ1) is 18.1. The second-order valence-corrected chi connectivity index (χ2v) is 8.16. The van der Waals surface area contributed by atoms with Crippen LogP contribution >= 0.6 is 11.6 Å². The summed E-state index contributed by atoms with van der Waals surface area (Å²) in [7, 11) is 0. The molecule has 2 saturated carbocycles. The zero-order chi connectivity index (χ0) is 19.0.